The summed E-state index contributed by atoms with van der Waals surface area (Å²) in [5, 5.41) is 14.7. The predicted octanol–water partition coefficient (Wildman–Crippen LogP) is 2.40. The Kier molecular flexibility index (Phi) is 5.09. The van der Waals surface area contributed by atoms with Crippen LogP contribution in [0.4, 0.5) is 10.7 Å². The Labute approximate surface area is 153 Å². The lowest BCUT2D eigenvalue weighted by molar-refractivity contribution is -0.383. The predicted molar refractivity (Wildman–Crippen MR) is 98.4 cm³/mol. The Hall–Kier alpha value is -1.56. The summed E-state index contributed by atoms with van der Waals surface area (Å²) in [5.41, 5.74) is -0.133. The number of nitrogens with zero attached hydrogens (tertiary/aromatic N) is 4. The molecule has 0 aliphatic carbocycles. The van der Waals surface area contributed by atoms with Crippen LogP contribution in [0.3, 0.4) is 0 Å². The largest absolute Gasteiger partial charge is 0.355 e. The molecule has 0 N–H and O–H groups in total. The molecule has 25 heavy (non-hydrogen) atoms. The van der Waals surface area contributed by atoms with Gasteiger partial charge in [-0.25, -0.2) is 13.4 Å². The van der Waals surface area contributed by atoms with E-state index in [4.69, 9.17) is 0 Å². The van der Waals surface area contributed by atoms with E-state index in [1.54, 1.807) is 17.5 Å². The molecule has 0 spiro atoms. The van der Waals surface area contributed by atoms with Crippen LogP contribution in [0.25, 0.3) is 0 Å². The van der Waals surface area contributed by atoms with Crippen molar-refractivity contribution < 1.29 is 13.3 Å². The smallest absolute Gasteiger partial charge is 0.305 e. The van der Waals surface area contributed by atoms with E-state index in [1.165, 1.54) is 6.07 Å². The van der Waals surface area contributed by atoms with Crippen molar-refractivity contribution in [3.8, 4) is 0 Å². The van der Waals surface area contributed by atoms with Crippen molar-refractivity contribution in [2.75, 3.05) is 37.3 Å². The quantitative estimate of drug-likeness (QED) is 0.559. The van der Waals surface area contributed by atoms with Crippen LogP contribution in [0, 0.1) is 10.1 Å². The summed E-state index contributed by atoms with van der Waals surface area (Å²) in [4.78, 5) is 19.3. The number of thiazole rings is 1. The highest BCUT2D eigenvalue weighted by atomic mass is 32.2. The Morgan fingerprint density at radius 3 is 2.52 bits per heavy atom. The highest BCUT2D eigenvalue weighted by Crippen LogP contribution is 2.40. The average molecular weight is 403 g/mol. The van der Waals surface area contributed by atoms with Crippen molar-refractivity contribution in [1.29, 1.82) is 0 Å². The molecule has 8 nitrogen and oxygen atoms in total. The maximum Gasteiger partial charge on any atom is 0.305 e. The van der Waals surface area contributed by atoms with E-state index in [-0.39, 0.29) is 15.9 Å². The molecule has 1 unspecified atom stereocenters. The lowest BCUT2D eigenvalue weighted by Crippen LogP contribution is -2.47. The van der Waals surface area contributed by atoms with E-state index < -0.39 is 14.8 Å². The fraction of sp³-hybridized carbons (Fsp3) is 0.500. The van der Waals surface area contributed by atoms with Crippen LogP contribution < -0.4 is 4.90 Å². The third-order valence-corrected chi connectivity index (χ3v) is 8.12. The van der Waals surface area contributed by atoms with Crippen LogP contribution in [0.1, 0.15) is 18.0 Å². The number of hydrogen-bond acceptors (Lipinski definition) is 9. The molecule has 1 saturated heterocycles. The van der Waals surface area contributed by atoms with Gasteiger partial charge in [-0.05, 0) is 6.92 Å². The summed E-state index contributed by atoms with van der Waals surface area (Å²) in [6, 6.07) is 1.37. The minimum absolute atomic E-state index is 0.0350. The van der Waals surface area contributed by atoms with Crippen LogP contribution in [0.2, 0.25) is 0 Å². The van der Waals surface area contributed by atoms with Gasteiger partial charge in [-0.3, -0.25) is 15.0 Å². The number of hydrogen-bond donors (Lipinski definition) is 0. The molecule has 0 radical (unpaired) electrons. The molecule has 2 aromatic heterocycles. The number of piperazine rings is 1. The second kappa shape index (κ2) is 6.98. The van der Waals surface area contributed by atoms with Crippen LogP contribution in [-0.2, 0) is 9.84 Å². The summed E-state index contributed by atoms with van der Waals surface area (Å²) in [6.45, 7) is 4.80. The Morgan fingerprint density at radius 2 is 2.00 bits per heavy atom. The number of aromatic nitrogens is 1. The fourth-order valence-corrected chi connectivity index (χ4v) is 5.61. The second-order valence-corrected chi connectivity index (χ2v) is 10.1. The van der Waals surface area contributed by atoms with E-state index >= 15 is 0 Å². The summed E-state index contributed by atoms with van der Waals surface area (Å²) < 4.78 is 23.5. The molecule has 1 aliphatic rings. The van der Waals surface area contributed by atoms with Gasteiger partial charge in [0.15, 0.2) is 14.8 Å². The molecule has 2 aromatic rings. The third-order valence-electron chi connectivity index (χ3n) is 4.19. The topological polar surface area (TPSA) is 96.7 Å². The van der Waals surface area contributed by atoms with Gasteiger partial charge in [0.2, 0.25) is 0 Å². The van der Waals surface area contributed by atoms with Gasteiger partial charge in [-0.1, -0.05) is 11.3 Å². The van der Waals surface area contributed by atoms with Gasteiger partial charge in [0.25, 0.3) is 0 Å². The minimum atomic E-state index is -3.46. The number of thiophene rings is 1. The maximum atomic E-state index is 11.7. The van der Waals surface area contributed by atoms with Gasteiger partial charge in [0.05, 0.1) is 11.0 Å². The number of nitro groups is 1. The lowest BCUT2D eigenvalue weighted by Gasteiger charge is -2.37. The number of rotatable bonds is 5. The molecule has 0 bridgehead atoms. The van der Waals surface area contributed by atoms with Gasteiger partial charge in [-0.2, -0.15) is 0 Å². The second-order valence-electron chi connectivity index (χ2n) is 5.85. The highest BCUT2D eigenvalue weighted by Gasteiger charge is 2.30. The molecular weight excluding hydrogens is 384 g/mol. The average Bonchev–Trinajstić information content (AvgIpc) is 3.23. The first-order valence-electron chi connectivity index (χ1n) is 7.64. The van der Waals surface area contributed by atoms with Crippen molar-refractivity contribution in [2.45, 2.75) is 17.2 Å². The van der Waals surface area contributed by atoms with Gasteiger partial charge < -0.3 is 4.90 Å². The zero-order valence-electron chi connectivity index (χ0n) is 13.8. The zero-order valence-corrected chi connectivity index (χ0v) is 16.2. The summed E-state index contributed by atoms with van der Waals surface area (Å²) >= 11 is 2.59. The first-order valence-corrected chi connectivity index (χ1v) is 11.2. The van der Waals surface area contributed by atoms with Crippen LogP contribution in [-0.4, -0.2) is 55.7 Å². The number of anilines is 1. The third kappa shape index (κ3) is 3.84. The van der Waals surface area contributed by atoms with E-state index in [0.29, 0.717) is 18.1 Å². The summed E-state index contributed by atoms with van der Waals surface area (Å²) in [7, 11) is -3.46. The Bertz CT molecular complexity index is 855. The molecule has 0 saturated carbocycles. The molecule has 1 fully saturated rings. The van der Waals surface area contributed by atoms with E-state index in [2.05, 4.69) is 16.8 Å². The van der Waals surface area contributed by atoms with Crippen molar-refractivity contribution in [3.63, 3.8) is 0 Å². The van der Waals surface area contributed by atoms with E-state index in [0.717, 1.165) is 35.7 Å². The molecular formula is C14H18N4O4S3. The van der Waals surface area contributed by atoms with Gasteiger partial charge in [-0.15, -0.1) is 11.3 Å². The molecule has 3 heterocycles. The van der Waals surface area contributed by atoms with Gasteiger partial charge in [0, 0.05) is 50.1 Å². The summed E-state index contributed by atoms with van der Waals surface area (Å²) in [6.07, 6.45) is 2.86. The molecule has 11 heteroatoms. The maximum absolute atomic E-state index is 11.7. The fourth-order valence-electron chi connectivity index (χ4n) is 2.80. The lowest BCUT2D eigenvalue weighted by atomic mass is 10.2. The number of sulfone groups is 1. The standard InChI is InChI=1S/C14H18N4O4S3/c1-10(13-15-3-8-23-13)16-4-6-17(7-5-16)14-11(18(19)20)9-12(24-14)25(2,21)22/h3,8-10H,4-7H2,1-2H3. The molecule has 0 amide bonds. The van der Waals surface area contributed by atoms with Gasteiger partial charge in [0.1, 0.15) is 9.22 Å². The molecule has 1 atom stereocenters. The Balaban J connectivity index is 1.77. The zero-order chi connectivity index (χ0) is 18.2. The van der Waals surface area contributed by atoms with Crippen LogP contribution in [0.15, 0.2) is 21.9 Å². The monoisotopic (exact) mass is 402 g/mol. The normalized spacial score (nSPS) is 17.6. The SMILES string of the molecule is CC(c1nccs1)N1CCN(c2sc(S(C)(=O)=O)cc2[N+](=O)[O-])CC1. The van der Waals surface area contributed by atoms with Crippen molar-refractivity contribution in [1.82, 2.24) is 9.88 Å². The van der Waals surface area contributed by atoms with Crippen molar-refractivity contribution >= 4 is 43.2 Å². The van der Waals surface area contributed by atoms with Gasteiger partial charge >= 0.3 is 5.69 Å². The summed E-state index contributed by atoms with van der Waals surface area (Å²) in [5.74, 6) is 0. The first kappa shape index (κ1) is 18.2. The van der Waals surface area contributed by atoms with E-state index in [9.17, 15) is 18.5 Å². The van der Waals surface area contributed by atoms with Crippen molar-refractivity contribution in [3.05, 3.63) is 32.8 Å². The Morgan fingerprint density at radius 1 is 1.32 bits per heavy atom. The highest BCUT2D eigenvalue weighted by molar-refractivity contribution is 7.92. The molecule has 136 valence electrons. The van der Waals surface area contributed by atoms with Crippen molar-refractivity contribution in [2.24, 2.45) is 0 Å². The van der Waals surface area contributed by atoms with Crippen LogP contribution >= 0.6 is 22.7 Å². The first-order chi connectivity index (χ1) is 11.8. The minimum Gasteiger partial charge on any atom is -0.355 e. The van der Waals surface area contributed by atoms with E-state index in [1.807, 2.05) is 10.3 Å². The molecule has 3 rings (SSSR count). The molecule has 1 aliphatic heterocycles. The van der Waals surface area contributed by atoms with Crippen LogP contribution in [0.5, 0.6) is 0 Å². The molecule has 0 aromatic carbocycles.